The van der Waals surface area contributed by atoms with Crippen molar-refractivity contribution in [1.82, 2.24) is 20.1 Å². The second-order valence-corrected chi connectivity index (χ2v) is 6.68. The van der Waals surface area contributed by atoms with Crippen molar-refractivity contribution >= 4 is 23.2 Å². The van der Waals surface area contributed by atoms with Crippen LogP contribution >= 0.6 is 11.3 Å². The third-order valence-corrected chi connectivity index (χ3v) is 4.83. The lowest BCUT2D eigenvalue weighted by Gasteiger charge is -2.12. The van der Waals surface area contributed by atoms with Gasteiger partial charge in [0, 0.05) is 11.7 Å². The SMILES string of the molecule is Cc1nc(C(C)NC(=O)c2cnn(C(C)C)c2C)sc1C(=O)O. The zero-order chi connectivity index (χ0) is 17.3. The Kier molecular flexibility index (Phi) is 4.84. The summed E-state index contributed by atoms with van der Waals surface area (Å²) in [6.45, 7) is 9.27. The van der Waals surface area contributed by atoms with E-state index >= 15 is 0 Å². The van der Waals surface area contributed by atoms with E-state index in [9.17, 15) is 9.59 Å². The Morgan fingerprint density at radius 3 is 2.43 bits per heavy atom. The van der Waals surface area contributed by atoms with Crippen molar-refractivity contribution in [2.24, 2.45) is 0 Å². The van der Waals surface area contributed by atoms with Gasteiger partial charge in [-0.1, -0.05) is 0 Å². The van der Waals surface area contributed by atoms with Crippen LogP contribution in [-0.4, -0.2) is 31.7 Å². The third kappa shape index (κ3) is 3.42. The number of amides is 1. The Morgan fingerprint density at radius 2 is 1.96 bits per heavy atom. The molecule has 0 spiro atoms. The van der Waals surface area contributed by atoms with Crippen molar-refractivity contribution in [3.8, 4) is 0 Å². The minimum Gasteiger partial charge on any atom is -0.477 e. The summed E-state index contributed by atoms with van der Waals surface area (Å²) in [5, 5.41) is 16.7. The molecule has 0 saturated heterocycles. The molecule has 2 aromatic rings. The van der Waals surface area contributed by atoms with Crippen molar-refractivity contribution in [3.05, 3.63) is 33.0 Å². The minimum absolute atomic E-state index is 0.175. The molecule has 1 unspecified atom stereocenters. The second-order valence-electron chi connectivity index (χ2n) is 5.65. The summed E-state index contributed by atoms with van der Waals surface area (Å²) in [7, 11) is 0. The van der Waals surface area contributed by atoms with Gasteiger partial charge in [-0.3, -0.25) is 9.48 Å². The Labute approximate surface area is 138 Å². The number of thiazole rings is 1. The zero-order valence-corrected chi connectivity index (χ0v) is 14.6. The van der Waals surface area contributed by atoms with Crippen LogP contribution in [0.15, 0.2) is 6.20 Å². The molecule has 23 heavy (non-hydrogen) atoms. The third-order valence-electron chi connectivity index (χ3n) is 3.50. The largest absolute Gasteiger partial charge is 0.477 e. The van der Waals surface area contributed by atoms with Gasteiger partial charge >= 0.3 is 5.97 Å². The fraction of sp³-hybridized carbons (Fsp3) is 0.467. The molecule has 2 rings (SSSR count). The molecule has 124 valence electrons. The minimum atomic E-state index is -1.00. The highest BCUT2D eigenvalue weighted by Gasteiger charge is 2.21. The molecule has 0 saturated carbocycles. The Hall–Kier alpha value is -2.22. The summed E-state index contributed by atoms with van der Waals surface area (Å²) in [5.74, 6) is -1.24. The predicted octanol–water partition coefficient (Wildman–Crippen LogP) is 2.73. The van der Waals surface area contributed by atoms with Gasteiger partial charge in [-0.05, 0) is 34.6 Å². The number of carbonyl (C=O) groups excluding carboxylic acids is 1. The molecule has 0 radical (unpaired) electrons. The molecule has 2 N–H and O–H groups in total. The van der Waals surface area contributed by atoms with Crippen LogP contribution < -0.4 is 5.32 Å². The predicted molar refractivity (Wildman–Crippen MR) is 87.0 cm³/mol. The fourth-order valence-corrected chi connectivity index (χ4v) is 3.21. The maximum atomic E-state index is 12.4. The van der Waals surface area contributed by atoms with E-state index in [0.717, 1.165) is 17.0 Å². The van der Waals surface area contributed by atoms with Crippen LogP contribution in [0.3, 0.4) is 0 Å². The van der Waals surface area contributed by atoms with Crippen molar-refractivity contribution in [3.63, 3.8) is 0 Å². The highest BCUT2D eigenvalue weighted by Crippen LogP contribution is 2.24. The quantitative estimate of drug-likeness (QED) is 0.875. The molecule has 2 heterocycles. The van der Waals surface area contributed by atoms with Crippen LogP contribution in [-0.2, 0) is 0 Å². The summed E-state index contributed by atoms with van der Waals surface area (Å²) >= 11 is 1.08. The lowest BCUT2D eigenvalue weighted by molar-refractivity contribution is 0.0701. The van der Waals surface area contributed by atoms with E-state index in [-0.39, 0.29) is 22.9 Å². The number of hydrogen-bond acceptors (Lipinski definition) is 5. The summed E-state index contributed by atoms with van der Waals surface area (Å²) in [6, 6.07) is -0.199. The number of carbonyl (C=O) groups is 2. The molecule has 7 nitrogen and oxygen atoms in total. The molecule has 1 atom stereocenters. The van der Waals surface area contributed by atoms with Crippen LogP contribution in [0, 0.1) is 13.8 Å². The molecule has 8 heteroatoms. The monoisotopic (exact) mass is 336 g/mol. The van der Waals surface area contributed by atoms with Crippen LogP contribution in [0.25, 0.3) is 0 Å². The van der Waals surface area contributed by atoms with E-state index in [1.165, 1.54) is 0 Å². The number of nitrogens with zero attached hydrogens (tertiary/aromatic N) is 3. The normalized spacial score (nSPS) is 12.4. The van der Waals surface area contributed by atoms with E-state index in [4.69, 9.17) is 5.11 Å². The van der Waals surface area contributed by atoms with Crippen LogP contribution in [0.5, 0.6) is 0 Å². The number of aromatic carboxylic acids is 1. The van der Waals surface area contributed by atoms with Gasteiger partial charge in [-0.25, -0.2) is 9.78 Å². The van der Waals surface area contributed by atoms with Gasteiger partial charge in [-0.2, -0.15) is 5.10 Å². The first kappa shape index (κ1) is 17.1. The van der Waals surface area contributed by atoms with Crippen molar-refractivity contribution < 1.29 is 14.7 Å². The van der Waals surface area contributed by atoms with Crippen LogP contribution in [0.4, 0.5) is 0 Å². The lowest BCUT2D eigenvalue weighted by Crippen LogP contribution is -2.27. The molecule has 0 aliphatic heterocycles. The van der Waals surface area contributed by atoms with Gasteiger partial charge in [-0.15, -0.1) is 11.3 Å². The van der Waals surface area contributed by atoms with Gasteiger partial charge in [0.25, 0.3) is 5.91 Å². The number of carboxylic acids is 1. The molecule has 2 aromatic heterocycles. The smallest absolute Gasteiger partial charge is 0.347 e. The number of carboxylic acid groups (broad SMARTS) is 1. The first-order chi connectivity index (χ1) is 10.7. The Bertz CT molecular complexity index is 748. The highest BCUT2D eigenvalue weighted by molar-refractivity contribution is 7.13. The summed E-state index contributed by atoms with van der Waals surface area (Å²) in [6.07, 6.45) is 1.55. The number of aromatic nitrogens is 3. The Morgan fingerprint density at radius 1 is 1.30 bits per heavy atom. The molecule has 0 bridgehead atoms. The summed E-state index contributed by atoms with van der Waals surface area (Å²) in [4.78, 5) is 27.9. The van der Waals surface area contributed by atoms with E-state index in [1.807, 2.05) is 20.8 Å². The first-order valence-electron chi connectivity index (χ1n) is 7.28. The van der Waals surface area contributed by atoms with Gasteiger partial charge < -0.3 is 10.4 Å². The molecule has 0 aliphatic carbocycles. The number of nitrogens with one attached hydrogen (secondary N) is 1. The second kappa shape index (κ2) is 6.49. The highest BCUT2D eigenvalue weighted by atomic mass is 32.1. The van der Waals surface area contributed by atoms with Crippen molar-refractivity contribution in [2.45, 2.75) is 46.7 Å². The van der Waals surface area contributed by atoms with E-state index < -0.39 is 5.97 Å². The van der Waals surface area contributed by atoms with E-state index in [0.29, 0.717) is 16.3 Å². The van der Waals surface area contributed by atoms with Gasteiger partial charge in [0.2, 0.25) is 0 Å². The molecule has 0 aromatic carbocycles. The van der Waals surface area contributed by atoms with E-state index in [1.54, 1.807) is 24.7 Å². The van der Waals surface area contributed by atoms with Crippen LogP contribution in [0.1, 0.15) is 69.3 Å². The van der Waals surface area contributed by atoms with Gasteiger partial charge in [0.05, 0.1) is 23.5 Å². The van der Waals surface area contributed by atoms with Crippen molar-refractivity contribution in [1.29, 1.82) is 0 Å². The van der Waals surface area contributed by atoms with E-state index in [2.05, 4.69) is 15.4 Å². The maximum absolute atomic E-state index is 12.4. The molecular weight excluding hydrogens is 316 g/mol. The molecule has 0 aliphatic rings. The summed E-state index contributed by atoms with van der Waals surface area (Å²) < 4.78 is 1.79. The topological polar surface area (TPSA) is 97.1 Å². The first-order valence-corrected chi connectivity index (χ1v) is 8.09. The number of hydrogen-bond donors (Lipinski definition) is 2. The standard InChI is InChI=1S/C15H20N4O3S/c1-7(2)19-10(5)11(6-16-19)13(20)17-9(4)14-18-8(3)12(23-14)15(21)22/h6-7,9H,1-5H3,(H,17,20)(H,21,22). The summed E-state index contributed by atoms with van der Waals surface area (Å²) in [5.41, 5.74) is 1.77. The molecule has 0 fully saturated rings. The maximum Gasteiger partial charge on any atom is 0.347 e. The van der Waals surface area contributed by atoms with Crippen molar-refractivity contribution in [2.75, 3.05) is 0 Å². The van der Waals surface area contributed by atoms with Crippen LogP contribution in [0.2, 0.25) is 0 Å². The zero-order valence-electron chi connectivity index (χ0n) is 13.7. The van der Waals surface area contributed by atoms with Gasteiger partial charge in [0.15, 0.2) is 0 Å². The number of aryl methyl sites for hydroxylation is 1. The average molecular weight is 336 g/mol. The van der Waals surface area contributed by atoms with Gasteiger partial charge in [0.1, 0.15) is 9.88 Å². The molecule has 1 amide bonds. The Balaban J connectivity index is 2.17. The fourth-order valence-electron chi connectivity index (χ4n) is 2.30. The molecular formula is C15H20N4O3S. The lowest BCUT2D eigenvalue weighted by atomic mass is 10.2. The average Bonchev–Trinajstić information content (AvgIpc) is 3.01. The number of rotatable bonds is 5.